The largest absolute Gasteiger partial charge is 0.451 e. The number of furan rings is 1. The third kappa shape index (κ3) is 4.25. The number of nitrogens with one attached hydrogen (secondary N) is 1. The predicted octanol–water partition coefficient (Wildman–Crippen LogP) is 6.46. The molecular formula is C26H21ClN4O2. The van der Waals surface area contributed by atoms with E-state index < -0.39 is 0 Å². The molecule has 1 N–H and O–H groups in total. The molecular weight excluding hydrogens is 436 g/mol. The molecule has 2 aromatic heterocycles. The van der Waals surface area contributed by atoms with Crippen LogP contribution in [0.15, 0.2) is 77.2 Å². The standard InChI is InChI=1S/C26H21ClN4O2/c1-3-17-4-10-20(11-5-17)31-29-22-14-16(2)21(15-23(22)30-31)28-26(32)25-13-12-24(33-25)18-6-8-19(27)9-7-18/h4-15H,3H2,1-2H3,(H,28,32). The highest BCUT2D eigenvalue weighted by molar-refractivity contribution is 6.30. The van der Waals surface area contributed by atoms with Crippen molar-refractivity contribution in [3.63, 3.8) is 0 Å². The third-order valence-electron chi connectivity index (χ3n) is 5.51. The van der Waals surface area contributed by atoms with E-state index in [2.05, 4.69) is 34.6 Å². The quantitative estimate of drug-likeness (QED) is 0.329. The van der Waals surface area contributed by atoms with Crippen molar-refractivity contribution in [3.8, 4) is 17.0 Å². The number of fused-ring (bicyclic) bond motifs is 1. The summed E-state index contributed by atoms with van der Waals surface area (Å²) in [6.45, 7) is 4.04. The van der Waals surface area contributed by atoms with E-state index in [1.165, 1.54) is 5.56 Å². The molecule has 0 aliphatic rings. The smallest absolute Gasteiger partial charge is 0.291 e. The van der Waals surface area contributed by atoms with Crippen LogP contribution in [0.5, 0.6) is 0 Å². The van der Waals surface area contributed by atoms with Gasteiger partial charge >= 0.3 is 0 Å². The lowest BCUT2D eigenvalue weighted by molar-refractivity contribution is 0.0997. The Morgan fingerprint density at radius 1 is 0.970 bits per heavy atom. The molecule has 0 radical (unpaired) electrons. The maximum atomic E-state index is 12.8. The van der Waals surface area contributed by atoms with Gasteiger partial charge in [-0.2, -0.15) is 4.80 Å². The van der Waals surface area contributed by atoms with Crippen LogP contribution in [0.1, 0.15) is 28.6 Å². The van der Waals surface area contributed by atoms with Crippen LogP contribution in [-0.4, -0.2) is 20.9 Å². The van der Waals surface area contributed by atoms with Gasteiger partial charge in [0.2, 0.25) is 0 Å². The van der Waals surface area contributed by atoms with Crippen LogP contribution in [0, 0.1) is 6.92 Å². The van der Waals surface area contributed by atoms with Crippen LogP contribution < -0.4 is 5.32 Å². The molecule has 5 rings (SSSR count). The number of halogens is 1. The first-order chi connectivity index (χ1) is 16.0. The number of aromatic nitrogens is 3. The topological polar surface area (TPSA) is 73.0 Å². The fraction of sp³-hybridized carbons (Fsp3) is 0.115. The van der Waals surface area contributed by atoms with Gasteiger partial charge in [-0.05, 0) is 85.1 Å². The lowest BCUT2D eigenvalue weighted by Gasteiger charge is -2.06. The lowest BCUT2D eigenvalue weighted by Crippen LogP contribution is -2.11. The summed E-state index contributed by atoms with van der Waals surface area (Å²) in [4.78, 5) is 14.4. The van der Waals surface area contributed by atoms with Crippen LogP contribution in [0.3, 0.4) is 0 Å². The van der Waals surface area contributed by atoms with Gasteiger partial charge in [-0.15, -0.1) is 10.2 Å². The van der Waals surface area contributed by atoms with Gasteiger partial charge in [0.25, 0.3) is 5.91 Å². The Bertz CT molecular complexity index is 1450. The van der Waals surface area contributed by atoms with Gasteiger partial charge in [0.15, 0.2) is 5.76 Å². The van der Waals surface area contributed by atoms with E-state index >= 15 is 0 Å². The molecule has 7 heteroatoms. The van der Waals surface area contributed by atoms with E-state index in [4.69, 9.17) is 16.0 Å². The first-order valence-corrected chi connectivity index (χ1v) is 11.0. The second kappa shape index (κ2) is 8.56. The zero-order chi connectivity index (χ0) is 22.9. The summed E-state index contributed by atoms with van der Waals surface area (Å²) in [6, 6.07) is 22.6. The van der Waals surface area contributed by atoms with E-state index in [0.717, 1.165) is 28.8 Å². The van der Waals surface area contributed by atoms with Gasteiger partial charge in [-0.3, -0.25) is 4.79 Å². The maximum Gasteiger partial charge on any atom is 0.291 e. The predicted molar refractivity (Wildman–Crippen MR) is 130 cm³/mol. The SMILES string of the molecule is CCc1ccc(-n2nc3cc(C)c(NC(=O)c4ccc(-c5ccc(Cl)cc5)o4)cc3n2)cc1. The number of aryl methyl sites for hydroxylation is 2. The summed E-state index contributed by atoms with van der Waals surface area (Å²) in [5.74, 6) is 0.486. The van der Waals surface area contributed by atoms with E-state index in [-0.39, 0.29) is 11.7 Å². The number of rotatable bonds is 5. The number of carbonyl (C=O) groups excluding carboxylic acids is 1. The molecule has 0 aliphatic heterocycles. The van der Waals surface area contributed by atoms with Crippen molar-refractivity contribution in [3.05, 3.63) is 94.7 Å². The van der Waals surface area contributed by atoms with Crippen molar-refractivity contribution < 1.29 is 9.21 Å². The van der Waals surface area contributed by atoms with Crippen LogP contribution in [0.25, 0.3) is 28.0 Å². The average molecular weight is 457 g/mol. The summed E-state index contributed by atoms with van der Waals surface area (Å²) in [5, 5.41) is 12.7. The normalized spacial score (nSPS) is 11.1. The van der Waals surface area contributed by atoms with Crippen molar-refractivity contribution in [2.45, 2.75) is 20.3 Å². The molecule has 0 bridgehead atoms. The molecule has 5 aromatic rings. The molecule has 0 unspecified atom stereocenters. The first-order valence-electron chi connectivity index (χ1n) is 10.6. The molecule has 0 fully saturated rings. The number of carbonyl (C=O) groups is 1. The van der Waals surface area contributed by atoms with Gasteiger partial charge in [0, 0.05) is 16.3 Å². The summed E-state index contributed by atoms with van der Waals surface area (Å²) in [5.41, 5.74) is 5.98. The molecule has 33 heavy (non-hydrogen) atoms. The summed E-state index contributed by atoms with van der Waals surface area (Å²) < 4.78 is 5.76. The average Bonchev–Trinajstić information content (AvgIpc) is 3.47. The molecule has 0 aliphatic carbocycles. The molecule has 0 spiro atoms. The molecule has 6 nitrogen and oxygen atoms in total. The van der Waals surface area contributed by atoms with Crippen LogP contribution in [0.4, 0.5) is 5.69 Å². The minimum Gasteiger partial charge on any atom is -0.451 e. The second-order valence-corrected chi connectivity index (χ2v) is 8.23. The Morgan fingerprint density at radius 2 is 1.67 bits per heavy atom. The second-order valence-electron chi connectivity index (χ2n) is 7.79. The van der Waals surface area contributed by atoms with E-state index in [1.54, 1.807) is 29.1 Å². The van der Waals surface area contributed by atoms with Gasteiger partial charge in [0.05, 0.1) is 5.69 Å². The molecule has 0 atom stereocenters. The minimum absolute atomic E-state index is 0.221. The first kappa shape index (κ1) is 21.0. The fourth-order valence-electron chi connectivity index (χ4n) is 3.60. The van der Waals surface area contributed by atoms with Crippen molar-refractivity contribution in [1.82, 2.24) is 15.0 Å². The number of anilines is 1. The van der Waals surface area contributed by atoms with Crippen molar-refractivity contribution in [1.29, 1.82) is 0 Å². The van der Waals surface area contributed by atoms with Crippen LogP contribution in [-0.2, 0) is 6.42 Å². The van der Waals surface area contributed by atoms with E-state index in [1.807, 2.05) is 43.3 Å². The Hall–Kier alpha value is -3.90. The summed E-state index contributed by atoms with van der Waals surface area (Å²) >= 11 is 5.94. The molecule has 1 amide bonds. The van der Waals surface area contributed by atoms with Crippen molar-refractivity contribution in [2.24, 2.45) is 0 Å². The lowest BCUT2D eigenvalue weighted by atomic mass is 10.1. The highest BCUT2D eigenvalue weighted by Crippen LogP contribution is 2.26. The van der Waals surface area contributed by atoms with Gasteiger partial charge < -0.3 is 9.73 Å². The van der Waals surface area contributed by atoms with Gasteiger partial charge in [0.1, 0.15) is 16.8 Å². The molecule has 2 heterocycles. The fourth-order valence-corrected chi connectivity index (χ4v) is 3.72. The monoisotopic (exact) mass is 456 g/mol. The highest BCUT2D eigenvalue weighted by Gasteiger charge is 2.15. The number of benzene rings is 3. The Balaban J connectivity index is 1.38. The molecule has 3 aromatic carbocycles. The summed E-state index contributed by atoms with van der Waals surface area (Å²) in [7, 11) is 0. The summed E-state index contributed by atoms with van der Waals surface area (Å²) in [6.07, 6.45) is 0.980. The van der Waals surface area contributed by atoms with Crippen LogP contribution >= 0.6 is 11.6 Å². The minimum atomic E-state index is -0.333. The van der Waals surface area contributed by atoms with E-state index in [9.17, 15) is 4.79 Å². The molecule has 0 saturated carbocycles. The number of hydrogen-bond acceptors (Lipinski definition) is 4. The van der Waals surface area contributed by atoms with Crippen molar-refractivity contribution >= 4 is 34.2 Å². The Kier molecular flexibility index (Phi) is 5.44. The highest BCUT2D eigenvalue weighted by atomic mass is 35.5. The number of amides is 1. The maximum absolute atomic E-state index is 12.8. The van der Waals surface area contributed by atoms with Gasteiger partial charge in [-0.1, -0.05) is 30.7 Å². The number of nitrogens with zero attached hydrogens (tertiary/aromatic N) is 3. The van der Waals surface area contributed by atoms with E-state index in [0.29, 0.717) is 22.0 Å². The van der Waals surface area contributed by atoms with Crippen molar-refractivity contribution in [2.75, 3.05) is 5.32 Å². The Morgan fingerprint density at radius 3 is 2.36 bits per heavy atom. The Labute approximate surface area is 195 Å². The van der Waals surface area contributed by atoms with Gasteiger partial charge in [-0.25, -0.2) is 0 Å². The molecule has 164 valence electrons. The zero-order valence-corrected chi connectivity index (χ0v) is 18.9. The zero-order valence-electron chi connectivity index (χ0n) is 18.2. The molecule has 0 saturated heterocycles. The van der Waals surface area contributed by atoms with Crippen LogP contribution in [0.2, 0.25) is 5.02 Å². The number of hydrogen-bond donors (Lipinski definition) is 1. The third-order valence-corrected chi connectivity index (χ3v) is 5.76.